The van der Waals surface area contributed by atoms with Crippen molar-refractivity contribution in [2.24, 2.45) is 0 Å². The van der Waals surface area contributed by atoms with E-state index >= 15 is 0 Å². The second kappa shape index (κ2) is 6.51. The Hall–Kier alpha value is -2.83. The average Bonchev–Trinajstić information content (AvgIpc) is 3.02. The fourth-order valence-corrected chi connectivity index (χ4v) is 2.27. The normalized spacial score (nSPS) is 10.7. The van der Waals surface area contributed by atoms with Crippen molar-refractivity contribution < 1.29 is 9.47 Å². The van der Waals surface area contributed by atoms with Gasteiger partial charge in [0.1, 0.15) is 30.3 Å². The smallest absolute Gasteiger partial charge is 0.254 e. The van der Waals surface area contributed by atoms with E-state index in [1.54, 1.807) is 11.6 Å². The number of aromatic nitrogens is 4. The molecule has 0 unspecified atom stereocenters. The fraction of sp³-hybridized carbons (Fsp3) is 0.312. The van der Waals surface area contributed by atoms with Gasteiger partial charge in [0.05, 0.1) is 13.7 Å². The first kappa shape index (κ1) is 15.1. The second-order valence-corrected chi connectivity index (χ2v) is 5.17. The maximum Gasteiger partial charge on any atom is 0.254 e. The fourth-order valence-electron chi connectivity index (χ4n) is 2.27. The minimum Gasteiger partial charge on any atom is -0.497 e. The van der Waals surface area contributed by atoms with Gasteiger partial charge < -0.3 is 14.4 Å². The van der Waals surface area contributed by atoms with E-state index in [4.69, 9.17) is 9.47 Å². The number of rotatable bonds is 6. The van der Waals surface area contributed by atoms with Crippen LogP contribution < -0.4 is 14.4 Å². The Labute approximate surface area is 134 Å². The number of ether oxygens (including phenoxy) is 2. The van der Waals surface area contributed by atoms with E-state index < -0.39 is 0 Å². The van der Waals surface area contributed by atoms with Gasteiger partial charge in [-0.1, -0.05) is 0 Å². The third-order valence-electron chi connectivity index (χ3n) is 3.51. The van der Waals surface area contributed by atoms with E-state index in [0.717, 1.165) is 23.0 Å². The highest BCUT2D eigenvalue weighted by molar-refractivity contribution is 5.46. The first-order chi connectivity index (χ1) is 11.2. The molecule has 0 aliphatic carbocycles. The van der Waals surface area contributed by atoms with Crippen LogP contribution in [0.25, 0.3) is 5.78 Å². The van der Waals surface area contributed by atoms with Gasteiger partial charge in [0.25, 0.3) is 5.78 Å². The zero-order valence-electron chi connectivity index (χ0n) is 13.4. The van der Waals surface area contributed by atoms with E-state index in [0.29, 0.717) is 18.9 Å². The van der Waals surface area contributed by atoms with Crippen LogP contribution >= 0.6 is 0 Å². The van der Waals surface area contributed by atoms with Crippen molar-refractivity contribution in [3.8, 4) is 11.5 Å². The monoisotopic (exact) mass is 313 g/mol. The minimum absolute atomic E-state index is 0.556. The molecular weight excluding hydrogens is 294 g/mol. The molecule has 23 heavy (non-hydrogen) atoms. The van der Waals surface area contributed by atoms with Crippen molar-refractivity contribution in [1.82, 2.24) is 19.6 Å². The number of fused-ring (bicyclic) bond motifs is 1. The molecule has 0 N–H and O–H groups in total. The highest BCUT2D eigenvalue weighted by atomic mass is 16.5. The summed E-state index contributed by atoms with van der Waals surface area (Å²) in [4.78, 5) is 10.5. The zero-order chi connectivity index (χ0) is 16.2. The van der Waals surface area contributed by atoms with E-state index in [1.165, 1.54) is 6.33 Å². The number of nitrogens with zero attached hydrogens (tertiary/aromatic N) is 5. The van der Waals surface area contributed by atoms with Crippen molar-refractivity contribution in [2.45, 2.75) is 6.92 Å². The van der Waals surface area contributed by atoms with Gasteiger partial charge >= 0.3 is 0 Å². The number of benzene rings is 1. The average molecular weight is 313 g/mol. The molecule has 0 aliphatic rings. The molecule has 0 spiro atoms. The molecule has 2 heterocycles. The summed E-state index contributed by atoms with van der Waals surface area (Å²) in [6.07, 6.45) is 1.51. The Morgan fingerprint density at radius 1 is 1.17 bits per heavy atom. The lowest BCUT2D eigenvalue weighted by Gasteiger charge is -2.20. The maximum atomic E-state index is 5.76. The summed E-state index contributed by atoms with van der Waals surface area (Å²) in [6.45, 7) is 3.21. The number of aryl methyl sites for hydroxylation is 1. The first-order valence-corrected chi connectivity index (χ1v) is 7.33. The van der Waals surface area contributed by atoms with Crippen molar-refractivity contribution in [3.63, 3.8) is 0 Å². The minimum atomic E-state index is 0.556. The molecule has 0 saturated carbocycles. The molecule has 3 aromatic rings. The van der Waals surface area contributed by atoms with Crippen LogP contribution in [0, 0.1) is 6.92 Å². The van der Waals surface area contributed by atoms with Crippen LogP contribution in [0.2, 0.25) is 0 Å². The van der Waals surface area contributed by atoms with E-state index in [-0.39, 0.29) is 0 Å². The van der Waals surface area contributed by atoms with Gasteiger partial charge in [0.15, 0.2) is 0 Å². The Kier molecular flexibility index (Phi) is 4.27. The summed E-state index contributed by atoms with van der Waals surface area (Å²) in [7, 11) is 3.64. The molecular formula is C16H19N5O2. The molecule has 120 valence electrons. The topological polar surface area (TPSA) is 64.8 Å². The van der Waals surface area contributed by atoms with E-state index in [2.05, 4.69) is 20.0 Å². The highest BCUT2D eigenvalue weighted by Gasteiger charge is 2.10. The molecule has 7 heteroatoms. The molecule has 0 radical (unpaired) electrons. The first-order valence-electron chi connectivity index (χ1n) is 7.33. The number of anilines is 1. The zero-order valence-corrected chi connectivity index (χ0v) is 13.4. The summed E-state index contributed by atoms with van der Waals surface area (Å²) in [5, 5.41) is 4.21. The number of hydrogen-bond donors (Lipinski definition) is 0. The SMILES string of the molecule is COc1ccc(OCCN(C)c2cc(C)nc3ncnn23)cc1. The predicted octanol–water partition coefficient (Wildman–Crippen LogP) is 1.96. The molecule has 0 bridgehead atoms. The second-order valence-electron chi connectivity index (χ2n) is 5.17. The Morgan fingerprint density at radius 2 is 1.91 bits per heavy atom. The number of methoxy groups -OCH3 is 1. The molecule has 0 aliphatic heterocycles. The predicted molar refractivity (Wildman–Crippen MR) is 87.3 cm³/mol. The Balaban J connectivity index is 1.64. The standard InChI is InChI=1S/C16H19N5O2/c1-12-10-15(21-16(19-12)17-11-18-21)20(2)8-9-23-14-6-4-13(22-3)5-7-14/h4-7,10-11H,8-9H2,1-3H3. The van der Waals surface area contributed by atoms with Gasteiger partial charge in [-0.3, -0.25) is 0 Å². The van der Waals surface area contributed by atoms with Crippen molar-refractivity contribution >= 4 is 11.6 Å². The van der Waals surface area contributed by atoms with Crippen LogP contribution in [0.5, 0.6) is 11.5 Å². The quantitative estimate of drug-likeness (QED) is 0.693. The summed E-state index contributed by atoms with van der Waals surface area (Å²) in [5.74, 6) is 3.16. The van der Waals surface area contributed by atoms with Crippen LogP contribution in [0.4, 0.5) is 5.82 Å². The van der Waals surface area contributed by atoms with Gasteiger partial charge in [-0.2, -0.15) is 14.6 Å². The third kappa shape index (κ3) is 3.33. The number of likely N-dealkylation sites (N-methyl/N-ethyl adjacent to an activating group) is 1. The lowest BCUT2D eigenvalue weighted by Crippen LogP contribution is -2.26. The van der Waals surface area contributed by atoms with Crippen LogP contribution in [0.15, 0.2) is 36.7 Å². The lowest BCUT2D eigenvalue weighted by atomic mass is 10.3. The summed E-state index contributed by atoms with van der Waals surface area (Å²) in [6, 6.07) is 9.53. The molecule has 1 aromatic carbocycles. The largest absolute Gasteiger partial charge is 0.497 e. The van der Waals surface area contributed by atoms with Crippen LogP contribution in [-0.4, -0.2) is 46.9 Å². The van der Waals surface area contributed by atoms with E-state index in [1.807, 2.05) is 44.3 Å². The van der Waals surface area contributed by atoms with Gasteiger partial charge in [0, 0.05) is 18.8 Å². The van der Waals surface area contributed by atoms with Gasteiger partial charge in [0.2, 0.25) is 0 Å². The molecule has 2 aromatic heterocycles. The summed E-state index contributed by atoms with van der Waals surface area (Å²) >= 11 is 0. The van der Waals surface area contributed by atoms with Crippen LogP contribution in [0.1, 0.15) is 5.69 Å². The van der Waals surface area contributed by atoms with Gasteiger partial charge in [-0.05, 0) is 31.2 Å². The lowest BCUT2D eigenvalue weighted by molar-refractivity contribution is 0.324. The van der Waals surface area contributed by atoms with Gasteiger partial charge in [-0.25, -0.2) is 4.98 Å². The third-order valence-corrected chi connectivity index (χ3v) is 3.51. The van der Waals surface area contributed by atoms with Crippen molar-refractivity contribution in [3.05, 3.63) is 42.4 Å². The van der Waals surface area contributed by atoms with Crippen LogP contribution in [-0.2, 0) is 0 Å². The molecule has 0 fully saturated rings. The Bertz CT molecular complexity index is 785. The molecule has 3 rings (SSSR count). The van der Waals surface area contributed by atoms with Gasteiger partial charge in [-0.15, -0.1) is 0 Å². The summed E-state index contributed by atoms with van der Waals surface area (Å²) in [5.41, 5.74) is 0.906. The number of hydrogen-bond acceptors (Lipinski definition) is 6. The molecule has 0 atom stereocenters. The molecule has 0 saturated heterocycles. The molecule has 7 nitrogen and oxygen atoms in total. The van der Waals surface area contributed by atoms with Crippen LogP contribution in [0.3, 0.4) is 0 Å². The van der Waals surface area contributed by atoms with E-state index in [9.17, 15) is 0 Å². The Morgan fingerprint density at radius 3 is 2.65 bits per heavy atom. The highest BCUT2D eigenvalue weighted by Crippen LogP contribution is 2.18. The summed E-state index contributed by atoms with van der Waals surface area (Å²) < 4.78 is 12.6. The van der Waals surface area contributed by atoms with Crippen molar-refractivity contribution in [2.75, 3.05) is 32.2 Å². The van der Waals surface area contributed by atoms with Crippen molar-refractivity contribution in [1.29, 1.82) is 0 Å². The molecule has 0 amide bonds. The maximum absolute atomic E-state index is 5.76.